The van der Waals surface area contributed by atoms with Crippen LogP contribution in [0.25, 0.3) is 0 Å². The summed E-state index contributed by atoms with van der Waals surface area (Å²) in [6, 6.07) is 16.4. The SMILES string of the molecule is COc1cccc(C(=O)NC(=NCc2cccnc2)Nc2cc(C)ccc2OC)c1. The number of aromatic nitrogens is 1. The molecule has 0 radical (unpaired) electrons. The second-order valence-corrected chi connectivity index (χ2v) is 6.54. The number of rotatable bonds is 6. The Morgan fingerprint density at radius 2 is 1.93 bits per heavy atom. The Kier molecular flexibility index (Phi) is 7.00. The molecule has 0 unspecified atom stereocenters. The number of aryl methyl sites for hydroxylation is 1. The highest BCUT2D eigenvalue weighted by atomic mass is 16.5. The lowest BCUT2D eigenvalue weighted by atomic mass is 10.2. The molecule has 0 spiro atoms. The number of carbonyl (C=O) groups is 1. The van der Waals surface area contributed by atoms with Gasteiger partial charge in [-0.3, -0.25) is 15.1 Å². The van der Waals surface area contributed by atoms with E-state index in [-0.39, 0.29) is 5.91 Å². The van der Waals surface area contributed by atoms with Crippen molar-refractivity contribution < 1.29 is 14.3 Å². The van der Waals surface area contributed by atoms with E-state index >= 15 is 0 Å². The van der Waals surface area contributed by atoms with E-state index in [4.69, 9.17) is 9.47 Å². The fourth-order valence-corrected chi connectivity index (χ4v) is 2.76. The fourth-order valence-electron chi connectivity index (χ4n) is 2.76. The minimum atomic E-state index is -0.307. The first-order valence-corrected chi connectivity index (χ1v) is 9.39. The molecular formula is C23H24N4O3. The number of nitrogens with one attached hydrogen (secondary N) is 2. The first-order valence-electron chi connectivity index (χ1n) is 9.39. The largest absolute Gasteiger partial charge is 0.497 e. The van der Waals surface area contributed by atoms with E-state index in [1.807, 2.05) is 37.3 Å². The van der Waals surface area contributed by atoms with Crippen molar-refractivity contribution in [2.24, 2.45) is 4.99 Å². The maximum absolute atomic E-state index is 12.8. The van der Waals surface area contributed by atoms with E-state index in [1.54, 1.807) is 50.9 Å². The number of carbonyl (C=O) groups excluding carboxylic acids is 1. The summed E-state index contributed by atoms with van der Waals surface area (Å²) in [7, 11) is 3.15. The van der Waals surface area contributed by atoms with E-state index in [2.05, 4.69) is 20.6 Å². The van der Waals surface area contributed by atoms with Gasteiger partial charge in [-0.05, 0) is 54.4 Å². The molecule has 0 saturated carbocycles. The number of benzene rings is 2. The van der Waals surface area contributed by atoms with Crippen molar-refractivity contribution in [3.05, 3.63) is 83.7 Å². The number of aliphatic imine (C=N–C) groups is 1. The summed E-state index contributed by atoms with van der Waals surface area (Å²) in [5.41, 5.74) is 3.13. The molecule has 1 heterocycles. The Labute approximate surface area is 175 Å². The van der Waals surface area contributed by atoms with Gasteiger partial charge in [0.1, 0.15) is 11.5 Å². The van der Waals surface area contributed by atoms with Crippen molar-refractivity contribution in [1.82, 2.24) is 10.3 Å². The van der Waals surface area contributed by atoms with Crippen molar-refractivity contribution >= 4 is 17.6 Å². The van der Waals surface area contributed by atoms with Crippen LogP contribution in [0.4, 0.5) is 5.69 Å². The van der Waals surface area contributed by atoms with Crippen LogP contribution in [-0.2, 0) is 6.54 Å². The van der Waals surface area contributed by atoms with Gasteiger partial charge in [-0.25, -0.2) is 4.99 Å². The molecule has 7 heteroatoms. The minimum Gasteiger partial charge on any atom is -0.497 e. The Morgan fingerprint density at radius 3 is 2.67 bits per heavy atom. The predicted molar refractivity (Wildman–Crippen MR) is 117 cm³/mol. The van der Waals surface area contributed by atoms with E-state index in [0.29, 0.717) is 35.3 Å². The van der Waals surface area contributed by atoms with Crippen LogP contribution in [0, 0.1) is 6.92 Å². The van der Waals surface area contributed by atoms with Crippen molar-refractivity contribution in [2.75, 3.05) is 19.5 Å². The number of nitrogens with zero attached hydrogens (tertiary/aromatic N) is 2. The molecule has 2 N–H and O–H groups in total. The van der Waals surface area contributed by atoms with Crippen LogP contribution in [0.1, 0.15) is 21.5 Å². The molecule has 30 heavy (non-hydrogen) atoms. The molecule has 154 valence electrons. The maximum atomic E-state index is 12.8. The molecular weight excluding hydrogens is 380 g/mol. The molecule has 7 nitrogen and oxygen atoms in total. The summed E-state index contributed by atoms with van der Waals surface area (Å²) in [5.74, 6) is 1.24. The van der Waals surface area contributed by atoms with E-state index < -0.39 is 0 Å². The summed E-state index contributed by atoms with van der Waals surface area (Å²) in [5, 5.41) is 6.02. The van der Waals surface area contributed by atoms with Gasteiger partial charge in [-0.1, -0.05) is 18.2 Å². The van der Waals surface area contributed by atoms with Gasteiger partial charge < -0.3 is 14.8 Å². The molecule has 0 atom stereocenters. The van der Waals surface area contributed by atoms with Crippen LogP contribution < -0.4 is 20.1 Å². The highest BCUT2D eigenvalue weighted by molar-refractivity contribution is 6.10. The Morgan fingerprint density at radius 1 is 1.07 bits per heavy atom. The average molecular weight is 404 g/mol. The van der Waals surface area contributed by atoms with Crippen molar-refractivity contribution in [1.29, 1.82) is 0 Å². The predicted octanol–water partition coefficient (Wildman–Crippen LogP) is 3.81. The molecule has 1 amide bonds. The number of amides is 1. The second kappa shape index (κ2) is 10.1. The number of hydrogen-bond acceptors (Lipinski definition) is 5. The standard InChI is InChI=1S/C23H24N4O3/c1-16-9-10-21(30-3)20(12-16)26-23(25-15-17-6-5-11-24-14-17)27-22(28)18-7-4-8-19(13-18)29-2/h4-14H,15H2,1-3H3,(H2,25,26,27,28). The first kappa shape index (κ1) is 20.9. The number of ether oxygens (including phenoxy) is 2. The van der Waals surface area contributed by atoms with Gasteiger partial charge in [0.05, 0.1) is 26.5 Å². The van der Waals surface area contributed by atoms with Crippen LogP contribution in [0.2, 0.25) is 0 Å². The number of anilines is 1. The Hall–Kier alpha value is -3.87. The summed E-state index contributed by atoms with van der Waals surface area (Å²) < 4.78 is 10.6. The van der Waals surface area contributed by atoms with Crippen LogP contribution in [-0.4, -0.2) is 31.1 Å². The summed E-state index contributed by atoms with van der Waals surface area (Å²) in [6.07, 6.45) is 3.44. The summed E-state index contributed by atoms with van der Waals surface area (Å²) in [6.45, 7) is 2.33. The third-order valence-electron chi connectivity index (χ3n) is 4.31. The normalized spacial score (nSPS) is 11.0. The van der Waals surface area contributed by atoms with Gasteiger partial charge in [0.25, 0.3) is 5.91 Å². The van der Waals surface area contributed by atoms with Gasteiger partial charge >= 0.3 is 0 Å². The minimum absolute atomic E-state index is 0.301. The number of hydrogen-bond donors (Lipinski definition) is 2. The van der Waals surface area contributed by atoms with Gasteiger partial charge in [-0.15, -0.1) is 0 Å². The van der Waals surface area contributed by atoms with Crippen LogP contribution >= 0.6 is 0 Å². The monoisotopic (exact) mass is 404 g/mol. The molecule has 3 aromatic rings. The third kappa shape index (κ3) is 5.57. The number of methoxy groups -OCH3 is 2. The zero-order valence-corrected chi connectivity index (χ0v) is 17.2. The summed E-state index contributed by atoms with van der Waals surface area (Å²) >= 11 is 0. The van der Waals surface area contributed by atoms with E-state index in [0.717, 1.165) is 11.1 Å². The highest BCUT2D eigenvalue weighted by Crippen LogP contribution is 2.25. The zero-order chi connectivity index (χ0) is 21.3. The van der Waals surface area contributed by atoms with Crippen molar-refractivity contribution in [3.8, 4) is 11.5 Å². The van der Waals surface area contributed by atoms with Crippen molar-refractivity contribution in [2.45, 2.75) is 13.5 Å². The smallest absolute Gasteiger partial charge is 0.258 e. The lowest BCUT2D eigenvalue weighted by Crippen LogP contribution is -2.36. The highest BCUT2D eigenvalue weighted by Gasteiger charge is 2.12. The lowest BCUT2D eigenvalue weighted by molar-refractivity contribution is 0.0976. The average Bonchev–Trinajstić information content (AvgIpc) is 2.78. The molecule has 0 aliphatic rings. The third-order valence-corrected chi connectivity index (χ3v) is 4.31. The molecule has 0 bridgehead atoms. The van der Waals surface area contributed by atoms with Crippen LogP contribution in [0.5, 0.6) is 11.5 Å². The fraction of sp³-hybridized carbons (Fsp3) is 0.174. The van der Waals surface area contributed by atoms with E-state index in [1.165, 1.54) is 0 Å². The molecule has 2 aromatic carbocycles. The Balaban J connectivity index is 1.87. The molecule has 0 fully saturated rings. The Bertz CT molecular complexity index is 1040. The lowest BCUT2D eigenvalue weighted by Gasteiger charge is -2.15. The maximum Gasteiger partial charge on any atom is 0.258 e. The number of pyridine rings is 1. The van der Waals surface area contributed by atoms with Gasteiger partial charge in [-0.2, -0.15) is 0 Å². The molecule has 0 saturated heterocycles. The first-order chi connectivity index (χ1) is 14.6. The molecule has 0 aliphatic heterocycles. The molecule has 1 aromatic heterocycles. The van der Waals surface area contributed by atoms with E-state index in [9.17, 15) is 4.79 Å². The van der Waals surface area contributed by atoms with Crippen LogP contribution in [0.3, 0.4) is 0 Å². The van der Waals surface area contributed by atoms with Crippen molar-refractivity contribution in [3.63, 3.8) is 0 Å². The quantitative estimate of drug-likeness (QED) is 0.482. The second-order valence-electron chi connectivity index (χ2n) is 6.54. The number of guanidine groups is 1. The summed E-state index contributed by atoms with van der Waals surface area (Å²) in [4.78, 5) is 21.5. The van der Waals surface area contributed by atoms with Gasteiger partial charge in [0.15, 0.2) is 0 Å². The van der Waals surface area contributed by atoms with Gasteiger partial charge in [0, 0.05) is 18.0 Å². The van der Waals surface area contributed by atoms with Crippen LogP contribution in [0.15, 0.2) is 72.0 Å². The van der Waals surface area contributed by atoms with Gasteiger partial charge in [0.2, 0.25) is 5.96 Å². The molecule has 3 rings (SSSR count). The zero-order valence-electron chi connectivity index (χ0n) is 17.2. The topological polar surface area (TPSA) is 84.8 Å². The molecule has 0 aliphatic carbocycles.